The van der Waals surface area contributed by atoms with Crippen LogP contribution >= 0.6 is 0 Å². The Morgan fingerprint density at radius 3 is 2.50 bits per heavy atom. The van der Waals surface area contributed by atoms with Crippen LogP contribution in [0.15, 0.2) is 24.4 Å². The van der Waals surface area contributed by atoms with Gasteiger partial charge in [0.05, 0.1) is 11.1 Å². The summed E-state index contributed by atoms with van der Waals surface area (Å²) in [5.74, 6) is 0. The number of fused-ring (bicyclic) bond motifs is 1. The molecule has 2 rings (SSSR count). The van der Waals surface area contributed by atoms with Crippen LogP contribution in [0.25, 0.3) is 10.9 Å². The van der Waals surface area contributed by atoms with Gasteiger partial charge in [-0.25, -0.2) is 0 Å². The van der Waals surface area contributed by atoms with Gasteiger partial charge >= 0.3 is 0 Å². The van der Waals surface area contributed by atoms with E-state index in [1.165, 1.54) is 10.9 Å². The van der Waals surface area contributed by atoms with Crippen LogP contribution in [0.4, 0.5) is 0 Å². The van der Waals surface area contributed by atoms with Gasteiger partial charge < -0.3 is 0 Å². The Kier molecular flexibility index (Phi) is 1.88. The van der Waals surface area contributed by atoms with Gasteiger partial charge in [-0.15, -0.1) is 0 Å². The predicted molar refractivity (Wildman–Crippen MR) is 59.5 cm³/mol. The third-order valence-electron chi connectivity index (χ3n) is 2.43. The second kappa shape index (κ2) is 2.84. The van der Waals surface area contributed by atoms with E-state index < -0.39 is 0 Å². The van der Waals surface area contributed by atoms with Gasteiger partial charge in [0.2, 0.25) is 0 Å². The highest BCUT2D eigenvalue weighted by molar-refractivity contribution is 5.81. The van der Waals surface area contributed by atoms with Crippen molar-refractivity contribution in [3.05, 3.63) is 30.0 Å². The summed E-state index contributed by atoms with van der Waals surface area (Å²) >= 11 is 0. The van der Waals surface area contributed by atoms with Crippen molar-refractivity contribution in [2.75, 3.05) is 0 Å². The van der Waals surface area contributed by atoms with Crippen LogP contribution in [0.2, 0.25) is 0 Å². The molecule has 1 aromatic carbocycles. The highest BCUT2D eigenvalue weighted by atomic mass is 15.3. The van der Waals surface area contributed by atoms with Crippen molar-refractivity contribution in [1.29, 1.82) is 0 Å². The lowest BCUT2D eigenvalue weighted by Gasteiger charge is -2.18. The first-order chi connectivity index (χ1) is 6.48. The van der Waals surface area contributed by atoms with E-state index in [4.69, 9.17) is 0 Å². The standard InChI is InChI=1S/C12H16N2/c1-9-6-5-7-10-8-14(12(2,3)4)13-11(9)10/h5-8H,1-4H3. The van der Waals surface area contributed by atoms with Crippen molar-refractivity contribution in [2.45, 2.75) is 33.2 Å². The zero-order valence-electron chi connectivity index (χ0n) is 9.20. The summed E-state index contributed by atoms with van der Waals surface area (Å²) in [6.45, 7) is 8.58. The smallest absolute Gasteiger partial charge is 0.0952 e. The number of hydrogen-bond acceptors (Lipinski definition) is 1. The fraction of sp³-hybridized carbons (Fsp3) is 0.417. The summed E-state index contributed by atoms with van der Waals surface area (Å²) in [5, 5.41) is 5.82. The van der Waals surface area contributed by atoms with E-state index >= 15 is 0 Å². The molecular formula is C12H16N2. The van der Waals surface area contributed by atoms with E-state index in [-0.39, 0.29) is 5.54 Å². The Bertz CT molecular complexity index is 461. The zero-order valence-corrected chi connectivity index (χ0v) is 9.20. The molecule has 0 amide bonds. The van der Waals surface area contributed by atoms with Gasteiger partial charge in [0, 0.05) is 11.6 Å². The largest absolute Gasteiger partial charge is 0.266 e. The molecule has 2 aromatic rings. The van der Waals surface area contributed by atoms with Crippen molar-refractivity contribution in [3.8, 4) is 0 Å². The molecule has 0 N–H and O–H groups in total. The highest BCUT2D eigenvalue weighted by Crippen LogP contribution is 2.20. The van der Waals surface area contributed by atoms with Gasteiger partial charge in [-0.3, -0.25) is 4.68 Å². The normalized spacial score (nSPS) is 12.3. The molecule has 0 fully saturated rings. The van der Waals surface area contributed by atoms with Crippen molar-refractivity contribution in [2.24, 2.45) is 0 Å². The van der Waals surface area contributed by atoms with Gasteiger partial charge in [0.25, 0.3) is 0 Å². The van der Waals surface area contributed by atoms with Crippen LogP contribution in [0.5, 0.6) is 0 Å². The van der Waals surface area contributed by atoms with Gasteiger partial charge in [-0.05, 0) is 33.3 Å². The van der Waals surface area contributed by atoms with Crippen LogP contribution < -0.4 is 0 Å². The first-order valence-electron chi connectivity index (χ1n) is 4.94. The third-order valence-corrected chi connectivity index (χ3v) is 2.43. The highest BCUT2D eigenvalue weighted by Gasteiger charge is 2.14. The van der Waals surface area contributed by atoms with E-state index in [0.29, 0.717) is 0 Å². The Labute approximate surface area is 84.5 Å². The molecule has 2 heteroatoms. The lowest BCUT2D eigenvalue weighted by atomic mass is 10.1. The fourth-order valence-corrected chi connectivity index (χ4v) is 1.53. The van der Waals surface area contributed by atoms with Gasteiger partial charge in [-0.1, -0.05) is 18.2 Å². The minimum Gasteiger partial charge on any atom is -0.266 e. The lowest BCUT2D eigenvalue weighted by molar-refractivity contribution is 0.358. The minimum atomic E-state index is 0.0610. The average Bonchev–Trinajstić information content (AvgIpc) is 2.48. The van der Waals surface area contributed by atoms with Crippen molar-refractivity contribution in [3.63, 3.8) is 0 Å². The molecule has 0 saturated heterocycles. The SMILES string of the molecule is Cc1cccc2cn(C(C)(C)C)nc12. The van der Waals surface area contributed by atoms with Crippen molar-refractivity contribution >= 4 is 10.9 Å². The van der Waals surface area contributed by atoms with Crippen LogP contribution in [0.3, 0.4) is 0 Å². The molecule has 0 unspecified atom stereocenters. The van der Waals surface area contributed by atoms with Crippen LogP contribution in [-0.2, 0) is 5.54 Å². The van der Waals surface area contributed by atoms with Crippen LogP contribution in [0, 0.1) is 6.92 Å². The number of rotatable bonds is 0. The summed E-state index contributed by atoms with van der Waals surface area (Å²) in [4.78, 5) is 0. The molecule has 0 aliphatic heterocycles. The maximum Gasteiger partial charge on any atom is 0.0952 e. The monoisotopic (exact) mass is 188 g/mol. The molecular weight excluding hydrogens is 172 g/mol. The summed E-state index contributed by atoms with van der Waals surface area (Å²) in [7, 11) is 0. The van der Waals surface area contributed by atoms with Gasteiger partial charge in [-0.2, -0.15) is 5.10 Å². The topological polar surface area (TPSA) is 17.8 Å². The quantitative estimate of drug-likeness (QED) is 0.621. The molecule has 0 saturated carbocycles. The molecule has 1 aromatic heterocycles. The first kappa shape index (κ1) is 9.25. The number of nitrogens with zero attached hydrogens (tertiary/aromatic N) is 2. The average molecular weight is 188 g/mol. The zero-order chi connectivity index (χ0) is 10.3. The van der Waals surface area contributed by atoms with Crippen LogP contribution in [-0.4, -0.2) is 9.78 Å². The molecule has 14 heavy (non-hydrogen) atoms. The molecule has 2 nitrogen and oxygen atoms in total. The summed E-state index contributed by atoms with van der Waals surface area (Å²) in [6.07, 6.45) is 2.11. The second-order valence-electron chi connectivity index (χ2n) is 4.76. The molecule has 74 valence electrons. The summed E-state index contributed by atoms with van der Waals surface area (Å²) in [6, 6.07) is 6.28. The Balaban J connectivity index is 2.69. The molecule has 1 heterocycles. The fourth-order valence-electron chi connectivity index (χ4n) is 1.53. The maximum absolute atomic E-state index is 4.60. The van der Waals surface area contributed by atoms with E-state index in [2.05, 4.69) is 57.2 Å². The van der Waals surface area contributed by atoms with E-state index in [1.807, 2.05) is 4.68 Å². The molecule has 0 radical (unpaired) electrons. The van der Waals surface area contributed by atoms with E-state index in [0.717, 1.165) is 5.52 Å². The van der Waals surface area contributed by atoms with Crippen molar-refractivity contribution < 1.29 is 0 Å². The molecule has 0 spiro atoms. The Morgan fingerprint density at radius 2 is 1.93 bits per heavy atom. The molecule has 0 atom stereocenters. The number of aryl methyl sites for hydroxylation is 1. The van der Waals surface area contributed by atoms with Crippen LogP contribution in [0.1, 0.15) is 26.3 Å². The van der Waals surface area contributed by atoms with E-state index in [1.54, 1.807) is 0 Å². The van der Waals surface area contributed by atoms with Crippen molar-refractivity contribution in [1.82, 2.24) is 9.78 Å². The number of hydrogen-bond donors (Lipinski definition) is 0. The third kappa shape index (κ3) is 1.41. The van der Waals surface area contributed by atoms with E-state index in [9.17, 15) is 0 Å². The van der Waals surface area contributed by atoms with Gasteiger partial charge in [0.15, 0.2) is 0 Å². The molecule has 0 aliphatic rings. The molecule has 0 bridgehead atoms. The number of aromatic nitrogens is 2. The number of benzene rings is 1. The summed E-state index contributed by atoms with van der Waals surface area (Å²) in [5.41, 5.74) is 2.42. The maximum atomic E-state index is 4.60. The summed E-state index contributed by atoms with van der Waals surface area (Å²) < 4.78 is 2.03. The first-order valence-corrected chi connectivity index (χ1v) is 4.94. The Morgan fingerprint density at radius 1 is 1.21 bits per heavy atom. The lowest BCUT2D eigenvalue weighted by Crippen LogP contribution is -2.21. The molecule has 0 aliphatic carbocycles. The second-order valence-corrected chi connectivity index (χ2v) is 4.76. The van der Waals surface area contributed by atoms with Gasteiger partial charge in [0.1, 0.15) is 0 Å². The predicted octanol–water partition coefficient (Wildman–Crippen LogP) is 3.10. The minimum absolute atomic E-state index is 0.0610. The Hall–Kier alpha value is -1.31.